The zero-order valence-electron chi connectivity index (χ0n) is 11.5. The molecule has 0 aliphatic carbocycles. The third-order valence-electron chi connectivity index (χ3n) is 3.29. The fourth-order valence-electron chi connectivity index (χ4n) is 2.29. The Labute approximate surface area is 131 Å². The summed E-state index contributed by atoms with van der Waals surface area (Å²) in [7, 11) is 0. The average molecular weight is 332 g/mol. The van der Waals surface area contributed by atoms with Crippen molar-refractivity contribution >= 4 is 35.2 Å². The van der Waals surface area contributed by atoms with Gasteiger partial charge in [-0.15, -0.1) is 11.8 Å². The summed E-state index contributed by atoms with van der Waals surface area (Å²) >= 11 is 7.08. The van der Waals surface area contributed by atoms with Crippen LogP contribution in [0.3, 0.4) is 0 Å². The maximum Gasteiger partial charge on any atom is 0.327 e. The van der Waals surface area contributed by atoms with E-state index in [1.165, 1.54) is 28.8 Å². The Morgan fingerprint density at radius 1 is 1.48 bits per heavy atom. The Kier molecular flexibility index (Phi) is 4.78. The normalized spacial score (nSPS) is 21.9. The first kappa shape index (κ1) is 16.1. The lowest BCUT2D eigenvalue weighted by molar-refractivity contribution is -0.141. The number of carbonyl (C=O) groups excluding carboxylic acids is 1. The highest BCUT2D eigenvalue weighted by atomic mass is 35.5. The molecule has 1 aliphatic heterocycles. The largest absolute Gasteiger partial charge is 0.480 e. The van der Waals surface area contributed by atoms with Gasteiger partial charge in [-0.05, 0) is 24.1 Å². The number of rotatable bonds is 3. The number of carboxylic acids is 1. The molecule has 0 aromatic heterocycles. The summed E-state index contributed by atoms with van der Waals surface area (Å²) in [5.74, 6) is -2.05. The molecule has 7 heteroatoms. The lowest BCUT2D eigenvalue weighted by Gasteiger charge is -2.29. The van der Waals surface area contributed by atoms with E-state index in [0.29, 0.717) is 5.75 Å². The van der Waals surface area contributed by atoms with Crippen LogP contribution in [-0.2, 0) is 4.79 Å². The van der Waals surface area contributed by atoms with E-state index in [-0.39, 0.29) is 21.9 Å². The maximum atomic E-state index is 13.9. The van der Waals surface area contributed by atoms with Crippen molar-refractivity contribution in [3.05, 3.63) is 34.6 Å². The number of benzene rings is 1. The van der Waals surface area contributed by atoms with E-state index in [1.807, 2.05) is 13.8 Å². The predicted octanol–water partition coefficient (Wildman–Crippen LogP) is 3.10. The van der Waals surface area contributed by atoms with Crippen molar-refractivity contribution in [1.29, 1.82) is 0 Å². The van der Waals surface area contributed by atoms with Crippen molar-refractivity contribution in [2.24, 2.45) is 5.92 Å². The molecule has 0 spiro atoms. The predicted molar refractivity (Wildman–Crippen MR) is 80.1 cm³/mol. The summed E-state index contributed by atoms with van der Waals surface area (Å²) < 4.78 is 13.9. The zero-order valence-corrected chi connectivity index (χ0v) is 13.1. The van der Waals surface area contributed by atoms with Gasteiger partial charge >= 0.3 is 5.97 Å². The molecule has 0 saturated carbocycles. The van der Waals surface area contributed by atoms with E-state index < -0.39 is 23.7 Å². The number of thioether (sulfide) groups is 1. The lowest BCUT2D eigenvalue weighted by Crippen LogP contribution is -2.47. The molecule has 1 heterocycles. The first-order valence-electron chi connectivity index (χ1n) is 6.45. The Bertz CT molecular complexity index is 581. The summed E-state index contributed by atoms with van der Waals surface area (Å²) in [6.07, 6.45) is 0. The molecule has 1 aromatic carbocycles. The van der Waals surface area contributed by atoms with Crippen LogP contribution >= 0.6 is 23.4 Å². The number of amides is 1. The number of halogens is 2. The van der Waals surface area contributed by atoms with Crippen molar-refractivity contribution in [2.45, 2.75) is 25.3 Å². The minimum absolute atomic E-state index is 0.0682. The first-order valence-corrected chi connectivity index (χ1v) is 7.87. The van der Waals surface area contributed by atoms with E-state index in [2.05, 4.69) is 0 Å². The minimum atomic E-state index is -1.08. The van der Waals surface area contributed by atoms with E-state index >= 15 is 0 Å². The molecule has 2 rings (SSSR count). The van der Waals surface area contributed by atoms with Gasteiger partial charge in [-0.2, -0.15) is 0 Å². The second-order valence-corrected chi connectivity index (χ2v) is 6.74. The van der Waals surface area contributed by atoms with Crippen LogP contribution in [0.15, 0.2) is 18.2 Å². The summed E-state index contributed by atoms with van der Waals surface area (Å²) in [6.45, 7) is 3.81. The van der Waals surface area contributed by atoms with Gasteiger partial charge in [-0.1, -0.05) is 25.4 Å². The molecule has 21 heavy (non-hydrogen) atoms. The highest BCUT2D eigenvalue weighted by Gasteiger charge is 2.43. The third kappa shape index (κ3) is 3.16. The van der Waals surface area contributed by atoms with Crippen molar-refractivity contribution in [3.63, 3.8) is 0 Å². The van der Waals surface area contributed by atoms with E-state index in [9.17, 15) is 19.1 Å². The molecule has 1 aliphatic rings. The molecular weight excluding hydrogens is 317 g/mol. The topological polar surface area (TPSA) is 57.6 Å². The Morgan fingerprint density at radius 2 is 2.14 bits per heavy atom. The van der Waals surface area contributed by atoms with Crippen LogP contribution in [0.5, 0.6) is 0 Å². The van der Waals surface area contributed by atoms with E-state index in [0.717, 1.165) is 6.07 Å². The van der Waals surface area contributed by atoms with Crippen molar-refractivity contribution in [2.75, 3.05) is 5.75 Å². The highest BCUT2D eigenvalue weighted by Crippen LogP contribution is 2.35. The second kappa shape index (κ2) is 6.23. The molecule has 114 valence electrons. The second-order valence-electron chi connectivity index (χ2n) is 5.16. The van der Waals surface area contributed by atoms with Gasteiger partial charge in [0.2, 0.25) is 0 Å². The van der Waals surface area contributed by atoms with Gasteiger partial charge in [0, 0.05) is 10.8 Å². The number of carbonyl (C=O) groups is 2. The monoisotopic (exact) mass is 331 g/mol. The molecule has 0 bridgehead atoms. The Hall–Kier alpha value is -1.27. The minimum Gasteiger partial charge on any atom is -0.480 e. The van der Waals surface area contributed by atoms with Gasteiger partial charge < -0.3 is 10.0 Å². The van der Waals surface area contributed by atoms with Crippen LogP contribution in [0.4, 0.5) is 4.39 Å². The first-order chi connectivity index (χ1) is 9.82. The lowest BCUT2D eigenvalue weighted by atomic mass is 10.1. The van der Waals surface area contributed by atoms with Gasteiger partial charge in [0.1, 0.15) is 11.9 Å². The molecule has 4 nitrogen and oxygen atoms in total. The van der Waals surface area contributed by atoms with Gasteiger partial charge in [-0.25, -0.2) is 9.18 Å². The van der Waals surface area contributed by atoms with Gasteiger partial charge in [0.25, 0.3) is 5.91 Å². The van der Waals surface area contributed by atoms with Gasteiger partial charge in [0.15, 0.2) is 0 Å². The van der Waals surface area contributed by atoms with Crippen LogP contribution in [0.2, 0.25) is 5.02 Å². The number of nitrogens with zero attached hydrogens (tertiary/aromatic N) is 1. The molecule has 1 fully saturated rings. The molecule has 2 unspecified atom stereocenters. The number of hydrogen-bond donors (Lipinski definition) is 1. The standard InChI is InChI=1S/C14H15ClFNO3S/c1-7(2)13-17(11(6-21-13)14(19)20)12(18)9-4-3-8(15)5-10(9)16/h3-5,7,11,13H,6H2,1-2H3,(H,19,20). The summed E-state index contributed by atoms with van der Waals surface area (Å²) in [5.41, 5.74) is -0.154. The number of carboxylic acid groups (broad SMARTS) is 1. The van der Waals surface area contributed by atoms with Crippen LogP contribution in [0.25, 0.3) is 0 Å². The number of hydrogen-bond acceptors (Lipinski definition) is 3. The van der Waals surface area contributed by atoms with Crippen molar-refractivity contribution < 1.29 is 19.1 Å². The molecule has 1 saturated heterocycles. The average Bonchev–Trinajstić information content (AvgIpc) is 2.82. The van der Waals surface area contributed by atoms with Crippen LogP contribution in [-0.4, -0.2) is 39.1 Å². The fraction of sp³-hybridized carbons (Fsp3) is 0.429. The van der Waals surface area contributed by atoms with Crippen LogP contribution < -0.4 is 0 Å². The van der Waals surface area contributed by atoms with Crippen molar-refractivity contribution in [1.82, 2.24) is 4.90 Å². The zero-order chi connectivity index (χ0) is 15.7. The summed E-state index contributed by atoms with van der Waals surface area (Å²) in [6, 6.07) is 2.82. The van der Waals surface area contributed by atoms with Gasteiger partial charge in [-0.3, -0.25) is 4.79 Å². The van der Waals surface area contributed by atoms with Crippen molar-refractivity contribution in [3.8, 4) is 0 Å². The highest BCUT2D eigenvalue weighted by molar-refractivity contribution is 8.00. The maximum absolute atomic E-state index is 13.9. The van der Waals surface area contributed by atoms with Crippen LogP contribution in [0, 0.1) is 11.7 Å². The quantitative estimate of drug-likeness (QED) is 0.924. The molecule has 0 radical (unpaired) electrons. The molecule has 1 N–H and O–H groups in total. The van der Waals surface area contributed by atoms with Gasteiger partial charge in [0.05, 0.1) is 10.9 Å². The molecular formula is C14H15ClFNO3S. The fourth-order valence-corrected chi connectivity index (χ4v) is 3.92. The molecule has 1 amide bonds. The summed E-state index contributed by atoms with van der Waals surface area (Å²) in [5, 5.41) is 9.18. The van der Waals surface area contributed by atoms with E-state index in [4.69, 9.17) is 11.6 Å². The van der Waals surface area contributed by atoms with E-state index in [1.54, 1.807) is 0 Å². The Morgan fingerprint density at radius 3 is 2.67 bits per heavy atom. The summed E-state index contributed by atoms with van der Waals surface area (Å²) in [4.78, 5) is 25.2. The number of aliphatic carboxylic acids is 1. The smallest absolute Gasteiger partial charge is 0.327 e. The molecule has 1 aromatic rings. The molecule has 2 atom stereocenters. The third-order valence-corrected chi connectivity index (χ3v) is 5.14. The van der Waals surface area contributed by atoms with Crippen LogP contribution in [0.1, 0.15) is 24.2 Å². The SMILES string of the molecule is CC(C)C1SCC(C(=O)O)N1C(=O)c1ccc(Cl)cc1F. The Balaban J connectivity index is 2.39.